The van der Waals surface area contributed by atoms with Crippen LogP contribution in [-0.4, -0.2) is 5.78 Å². The minimum atomic E-state index is 0. The van der Waals surface area contributed by atoms with E-state index in [0.29, 0.717) is 5.78 Å². The molecular formula is C24H33NO. The molecule has 3 rings (SSSR count). The summed E-state index contributed by atoms with van der Waals surface area (Å²) in [7, 11) is 0. The molecule has 0 amide bonds. The van der Waals surface area contributed by atoms with Crippen LogP contribution in [0.1, 0.15) is 57.4 Å². The summed E-state index contributed by atoms with van der Waals surface area (Å²) < 4.78 is 0. The van der Waals surface area contributed by atoms with Gasteiger partial charge in [0, 0.05) is 12.3 Å². The molecule has 1 fully saturated rings. The highest BCUT2D eigenvalue weighted by Crippen LogP contribution is 2.32. The summed E-state index contributed by atoms with van der Waals surface area (Å²) in [6, 6.07) is 22.4. The van der Waals surface area contributed by atoms with E-state index >= 15 is 0 Å². The van der Waals surface area contributed by atoms with Crippen LogP contribution in [0.3, 0.4) is 0 Å². The van der Waals surface area contributed by atoms with Gasteiger partial charge < -0.3 is 6.15 Å². The fraction of sp³-hybridized carbons (Fsp3) is 0.375. The maximum atomic E-state index is 12.1. The molecule has 0 aromatic heterocycles. The summed E-state index contributed by atoms with van der Waals surface area (Å²) in [4.78, 5) is 12.1. The second-order valence-electron chi connectivity index (χ2n) is 6.65. The fourth-order valence-electron chi connectivity index (χ4n) is 3.29. The van der Waals surface area contributed by atoms with E-state index < -0.39 is 0 Å². The maximum absolute atomic E-state index is 12.1. The highest BCUT2D eigenvalue weighted by molar-refractivity contribution is 5.86. The Morgan fingerprint density at radius 3 is 2.04 bits per heavy atom. The summed E-state index contributed by atoms with van der Waals surface area (Å²) in [5.74, 6) is 0.657. The highest BCUT2D eigenvalue weighted by Gasteiger charge is 2.25. The van der Waals surface area contributed by atoms with Gasteiger partial charge in [0.25, 0.3) is 0 Å². The Morgan fingerprint density at radius 2 is 1.46 bits per heavy atom. The summed E-state index contributed by atoms with van der Waals surface area (Å²) in [6.07, 6.45) is 9.83. The molecule has 140 valence electrons. The first-order valence-corrected chi connectivity index (χ1v) is 9.59. The van der Waals surface area contributed by atoms with Crippen LogP contribution < -0.4 is 6.15 Å². The van der Waals surface area contributed by atoms with Crippen LogP contribution in [0.25, 0.3) is 6.08 Å². The van der Waals surface area contributed by atoms with E-state index in [1.54, 1.807) is 0 Å². The van der Waals surface area contributed by atoms with Gasteiger partial charge in [-0.05, 0) is 24.8 Å². The molecule has 2 aromatic rings. The third-order valence-corrected chi connectivity index (χ3v) is 4.64. The minimum Gasteiger partial charge on any atom is -0.344 e. The van der Waals surface area contributed by atoms with Crippen molar-refractivity contribution in [3.63, 3.8) is 0 Å². The predicted molar refractivity (Wildman–Crippen MR) is 112 cm³/mol. The van der Waals surface area contributed by atoms with Crippen LogP contribution in [0, 0.1) is 5.92 Å². The van der Waals surface area contributed by atoms with Crippen LogP contribution in [0.4, 0.5) is 0 Å². The third-order valence-electron chi connectivity index (χ3n) is 4.64. The van der Waals surface area contributed by atoms with E-state index in [0.717, 1.165) is 25.7 Å². The molecule has 1 saturated carbocycles. The van der Waals surface area contributed by atoms with Crippen molar-refractivity contribution in [2.75, 3.05) is 0 Å². The Morgan fingerprint density at radius 1 is 0.885 bits per heavy atom. The van der Waals surface area contributed by atoms with Crippen molar-refractivity contribution in [3.8, 4) is 0 Å². The number of benzene rings is 2. The molecule has 0 heterocycles. The lowest BCUT2D eigenvalue weighted by Crippen LogP contribution is -2.21. The molecule has 26 heavy (non-hydrogen) atoms. The number of rotatable bonds is 5. The minimum absolute atomic E-state index is 0. The predicted octanol–water partition coefficient (Wildman–Crippen LogP) is 6.87. The van der Waals surface area contributed by atoms with Crippen LogP contribution in [0.15, 0.2) is 72.3 Å². The first-order chi connectivity index (χ1) is 12.3. The molecule has 1 aliphatic carbocycles. The van der Waals surface area contributed by atoms with Gasteiger partial charge in [-0.1, -0.05) is 105 Å². The molecule has 1 unspecified atom stereocenters. The van der Waals surface area contributed by atoms with E-state index in [2.05, 4.69) is 37.3 Å². The second-order valence-corrected chi connectivity index (χ2v) is 6.65. The van der Waals surface area contributed by atoms with Crippen molar-refractivity contribution in [1.29, 1.82) is 0 Å². The number of hydrogen-bond donors (Lipinski definition) is 1. The Balaban J connectivity index is 0.000000410. The van der Waals surface area contributed by atoms with Crippen LogP contribution in [0.2, 0.25) is 0 Å². The molecular weight excluding hydrogens is 318 g/mol. The van der Waals surface area contributed by atoms with Gasteiger partial charge in [-0.25, -0.2) is 0 Å². The summed E-state index contributed by atoms with van der Waals surface area (Å²) >= 11 is 0. The zero-order valence-electron chi connectivity index (χ0n) is 16.1. The largest absolute Gasteiger partial charge is 0.344 e. The fourth-order valence-corrected chi connectivity index (χ4v) is 3.29. The van der Waals surface area contributed by atoms with E-state index in [4.69, 9.17) is 0 Å². The zero-order chi connectivity index (χ0) is 17.7. The monoisotopic (exact) mass is 351 g/mol. The average Bonchev–Trinajstić information content (AvgIpc) is 2.67. The van der Waals surface area contributed by atoms with Crippen LogP contribution in [-0.2, 0) is 4.79 Å². The molecule has 2 aromatic carbocycles. The molecule has 0 saturated heterocycles. The van der Waals surface area contributed by atoms with Gasteiger partial charge in [0.05, 0.1) is 0 Å². The van der Waals surface area contributed by atoms with Crippen molar-refractivity contribution in [1.82, 2.24) is 6.15 Å². The Bertz CT molecular complexity index is 607. The maximum Gasteiger partial charge on any atom is 0.140 e. The van der Waals surface area contributed by atoms with Gasteiger partial charge in [0.15, 0.2) is 0 Å². The van der Waals surface area contributed by atoms with Gasteiger partial charge in [-0.15, -0.1) is 0 Å². The first-order valence-electron chi connectivity index (χ1n) is 9.59. The summed E-state index contributed by atoms with van der Waals surface area (Å²) in [6.45, 7) is 2.21. The second kappa shape index (κ2) is 13.1. The number of allylic oxidation sites excluding steroid dienone is 1. The normalized spacial score (nSPS) is 17.8. The third kappa shape index (κ3) is 7.79. The van der Waals surface area contributed by atoms with Gasteiger partial charge >= 0.3 is 0 Å². The molecule has 2 heteroatoms. The first kappa shape index (κ1) is 21.9. The molecule has 1 aliphatic rings. The topological polar surface area (TPSA) is 52.1 Å². The van der Waals surface area contributed by atoms with Gasteiger partial charge in [-0.2, -0.15) is 0 Å². The van der Waals surface area contributed by atoms with E-state index in [1.807, 2.05) is 42.5 Å². The molecule has 2 nitrogen and oxygen atoms in total. The van der Waals surface area contributed by atoms with E-state index in [9.17, 15) is 4.79 Å². The van der Waals surface area contributed by atoms with Crippen LogP contribution >= 0.6 is 0 Å². The molecule has 1 atom stereocenters. The summed E-state index contributed by atoms with van der Waals surface area (Å²) in [5, 5.41) is 0. The number of unbranched alkanes of at least 4 members (excludes halogenated alkanes) is 2. The number of carbonyl (C=O) groups is 1. The number of Topliss-reactive ketones (excluding diaryl/α,β-unsaturated/α-hetero) is 1. The lowest BCUT2D eigenvalue weighted by molar-refractivity contribution is -0.122. The Labute approximate surface area is 158 Å². The summed E-state index contributed by atoms with van der Waals surface area (Å²) in [5.41, 5.74) is 2.59. The lowest BCUT2D eigenvalue weighted by atomic mass is 9.79. The van der Waals surface area contributed by atoms with Crippen molar-refractivity contribution in [3.05, 3.63) is 77.9 Å². The average molecular weight is 352 g/mol. The lowest BCUT2D eigenvalue weighted by Gasteiger charge is -2.24. The molecule has 0 bridgehead atoms. The van der Waals surface area contributed by atoms with Crippen molar-refractivity contribution in [2.24, 2.45) is 5.92 Å². The Kier molecular flexibility index (Phi) is 11.0. The van der Waals surface area contributed by atoms with E-state index in [1.165, 1.54) is 30.4 Å². The number of ketones is 1. The zero-order valence-corrected chi connectivity index (χ0v) is 16.1. The number of carbonyl (C=O) groups excluding carboxylic acids is 1. The number of hydrogen-bond acceptors (Lipinski definition) is 2. The smallest absolute Gasteiger partial charge is 0.140 e. The molecule has 0 spiro atoms. The van der Waals surface area contributed by atoms with Crippen molar-refractivity contribution < 1.29 is 4.79 Å². The van der Waals surface area contributed by atoms with E-state index in [-0.39, 0.29) is 12.1 Å². The van der Waals surface area contributed by atoms with Gasteiger partial charge in [-0.3, -0.25) is 4.79 Å². The molecule has 0 radical (unpaired) electrons. The highest BCUT2D eigenvalue weighted by atomic mass is 16.1. The molecule has 3 N–H and O–H groups in total. The quantitative estimate of drug-likeness (QED) is 0.598. The Hall–Kier alpha value is -2.19. The van der Waals surface area contributed by atoms with Gasteiger partial charge in [0.1, 0.15) is 5.78 Å². The van der Waals surface area contributed by atoms with Crippen molar-refractivity contribution >= 4 is 11.9 Å². The van der Waals surface area contributed by atoms with Gasteiger partial charge in [0.2, 0.25) is 0 Å². The van der Waals surface area contributed by atoms with Crippen molar-refractivity contribution in [2.45, 2.75) is 51.9 Å². The van der Waals surface area contributed by atoms with Crippen LogP contribution in [0.5, 0.6) is 0 Å². The SMILES string of the molecule is CCCCCC1C(=O)CCCC1=Cc1ccccc1.N.c1ccccc1. The standard InChI is InChI=1S/C18H24O.C6H6.H3N/c1-2-3-5-12-17-16(11-8-13-18(17)19)14-15-9-6-4-7-10-15;1-2-4-6-5-3-1;/h4,6-7,9-10,14,17H,2-3,5,8,11-13H2,1H3;1-6H;1H3. The molecule has 0 aliphatic heterocycles.